The number of hydrogen-bond donors (Lipinski definition) is 1. The maximum Gasteiger partial charge on any atom is 0.330 e. The van der Waals surface area contributed by atoms with E-state index >= 15 is 0 Å². The molecule has 0 spiro atoms. The Labute approximate surface area is 298 Å². The van der Waals surface area contributed by atoms with Gasteiger partial charge in [0.2, 0.25) is 8.32 Å². The summed E-state index contributed by atoms with van der Waals surface area (Å²) in [6, 6.07) is 36.0. The molecule has 2 aliphatic rings. The van der Waals surface area contributed by atoms with Crippen LogP contribution in [-0.2, 0) is 19.5 Å². The molecule has 0 bridgehead atoms. The highest BCUT2D eigenvalue weighted by molar-refractivity contribution is 6.80. The van der Waals surface area contributed by atoms with Crippen LogP contribution in [0, 0.1) is 12.8 Å². The SMILES string of the molecule is COc1ccc(C(OC[C@H]2O[C@@H](n3cc(C)c(=O)[nH]c3=O)[C@@H]3/C(=C/c4ccccc4)[Si](C)(C)O[C@@H]32)(c2ccccc2)c2ccc(OC)cc2)cc1. The molecule has 262 valence electrons. The van der Waals surface area contributed by atoms with Crippen LogP contribution in [0.1, 0.15) is 34.0 Å². The van der Waals surface area contributed by atoms with Crippen LogP contribution in [0.2, 0.25) is 13.1 Å². The predicted molar refractivity (Wildman–Crippen MR) is 198 cm³/mol. The number of aryl methyl sites for hydroxylation is 1. The largest absolute Gasteiger partial charge is 0.497 e. The number of nitrogens with one attached hydrogen (secondary N) is 1. The van der Waals surface area contributed by atoms with Gasteiger partial charge in [0.25, 0.3) is 5.56 Å². The normalized spacial score (nSPS) is 21.8. The molecule has 1 N–H and O–H groups in total. The fourth-order valence-electron chi connectivity index (χ4n) is 7.45. The number of rotatable bonds is 10. The zero-order valence-electron chi connectivity index (χ0n) is 29.4. The van der Waals surface area contributed by atoms with Crippen molar-refractivity contribution < 1.29 is 23.4 Å². The monoisotopic (exact) mass is 702 g/mol. The zero-order chi connectivity index (χ0) is 35.8. The van der Waals surface area contributed by atoms with E-state index in [1.165, 1.54) is 4.57 Å². The highest BCUT2D eigenvalue weighted by Gasteiger charge is 2.59. The summed E-state index contributed by atoms with van der Waals surface area (Å²) in [7, 11) is 0.805. The van der Waals surface area contributed by atoms with Gasteiger partial charge in [0.1, 0.15) is 29.4 Å². The number of aromatic nitrogens is 2. The molecule has 3 heterocycles. The van der Waals surface area contributed by atoms with Gasteiger partial charge in [-0.25, -0.2) is 4.79 Å². The Morgan fingerprint density at radius 2 is 1.35 bits per heavy atom. The third-order valence-corrected chi connectivity index (χ3v) is 12.7. The van der Waals surface area contributed by atoms with Gasteiger partial charge >= 0.3 is 5.69 Å². The summed E-state index contributed by atoms with van der Waals surface area (Å²) in [5.74, 6) is 1.16. The summed E-state index contributed by atoms with van der Waals surface area (Å²) < 4.78 is 33.7. The highest BCUT2D eigenvalue weighted by atomic mass is 28.4. The van der Waals surface area contributed by atoms with Gasteiger partial charge in [0.05, 0.1) is 32.8 Å². The van der Waals surface area contributed by atoms with E-state index in [0.29, 0.717) is 5.56 Å². The van der Waals surface area contributed by atoms with E-state index in [9.17, 15) is 9.59 Å². The van der Waals surface area contributed by atoms with Crippen LogP contribution in [0.4, 0.5) is 0 Å². The molecule has 5 aromatic rings. The Morgan fingerprint density at radius 3 is 1.92 bits per heavy atom. The summed E-state index contributed by atoms with van der Waals surface area (Å²) in [4.78, 5) is 28.3. The quantitative estimate of drug-likeness (QED) is 0.129. The number of ether oxygens (including phenoxy) is 4. The first-order valence-electron chi connectivity index (χ1n) is 17.1. The number of aromatic amines is 1. The van der Waals surface area contributed by atoms with E-state index in [2.05, 4.69) is 48.4 Å². The van der Waals surface area contributed by atoms with Crippen LogP contribution in [0.5, 0.6) is 11.5 Å². The minimum atomic E-state index is -2.48. The molecule has 4 atom stereocenters. The van der Waals surface area contributed by atoms with Gasteiger partial charge in [-0.3, -0.25) is 14.3 Å². The molecule has 51 heavy (non-hydrogen) atoms. The summed E-state index contributed by atoms with van der Waals surface area (Å²) in [6.07, 6.45) is 2.06. The molecule has 0 amide bonds. The van der Waals surface area contributed by atoms with Gasteiger partial charge in [-0.15, -0.1) is 0 Å². The molecule has 2 saturated heterocycles. The second-order valence-electron chi connectivity index (χ2n) is 13.5. The van der Waals surface area contributed by atoms with Crippen molar-refractivity contribution in [2.45, 2.75) is 44.1 Å². The van der Waals surface area contributed by atoms with E-state index < -0.39 is 43.6 Å². The molecule has 9 nitrogen and oxygen atoms in total. The van der Waals surface area contributed by atoms with Crippen LogP contribution in [0.3, 0.4) is 0 Å². The third kappa shape index (κ3) is 6.40. The van der Waals surface area contributed by atoms with Crippen molar-refractivity contribution >= 4 is 14.4 Å². The molecule has 4 aromatic carbocycles. The summed E-state index contributed by atoms with van der Waals surface area (Å²) in [5.41, 5.74) is 2.14. The lowest BCUT2D eigenvalue weighted by atomic mass is 9.80. The molecule has 10 heteroatoms. The Balaban J connectivity index is 1.35. The average molecular weight is 703 g/mol. The van der Waals surface area contributed by atoms with Crippen molar-refractivity contribution in [2.75, 3.05) is 20.8 Å². The van der Waals surface area contributed by atoms with E-state index in [4.69, 9.17) is 23.4 Å². The maximum absolute atomic E-state index is 13.4. The second-order valence-corrected chi connectivity index (χ2v) is 17.3. The summed E-state index contributed by atoms with van der Waals surface area (Å²) in [6.45, 7) is 6.17. The van der Waals surface area contributed by atoms with Crippen molar-refractivity contribution in [3.05, 3.63) is 169 Å². The number of H-pyrrole nitrogens is 1. The minimum absolute atomic E-state index is 0.130. The second kappa shape index (κ2) is 14.0. The van der Waals surface area contributed by atoms with Gasteiger partial charge in [0, 0.05) is 11.8 Å². The van der Waals surface area contributed by atoms with E-state index in [0.717, 1.165) is 38.9 Å². The third-order valence-electron chi connectivity index (χ3n) is 10.0. The molecule has 7 rings (SSSR count). The van der Waals surface area contributed by atoms with Gasteiger partial charge in [-0.1, -0.05) is 91.0 Å². The first-order valence-corrected chi connectivity index (χ1v) is 20.0. The molecule has 0 radical (unpaired) electrons. The first-order chi connectivity index (χ1) is 24.6. The number of hydrogen-bond acceptors (Lipinski definition) is 7. The van der Waals surface area contributed by atoms with Gasteiger partial charge in [-0.2, -0.15) is 0 Å². The van der Waals surface area contributed by atoms with Crippen LogP contribution >= 0.6 is 0 Å². The molecular weight excluding hydrogens is 661 g/mol. The Morgan fingerprint density at radius 1 is 0.804 bits per heavy atom. The standard InChI is InChI=1S/C41H42N2O7Si/c1-27-25-43(40(45)42-38(27)44)39-36-35(24-28-12-8-6-9-13-28)51(4,5)50-37(36)34(49-39)26-48-41(29-14-10-7-11-15-29,30-16-20-32(46-2)21-17-30)31-18-22-33(47-3)23-19-31/h6-25,34,36-37,39H,26H2,1-5H3,(H,42,44,45)/b35-24-/t34-,36-,37-,39-/m1/s1. The van der Waals surface area contributed by atoms with Crippen LogP contribution in [-0.4, -0.2) is 50.9 Å². The Bertz CT molecular complexity index is 2080. The van der Waals surface area contributed by atoms with Crippen molar-refractivity contribution in [1.82, 2.24) is 9.55 Å². The lowest BCUT2D eigenvalue weighted by Gasteiger charge is -2.37. The molecule has 0 unspecified atom stereocenters. The fourth-order valence-corrected chi connectivity index (χ4v) is 10.2. The molecule has 0 aliphatic carbocycles. The fraction of sp³-hybridized carbons (Fsp3) is 0.268. The smallest absolute Gasteiger partial charge is 0.330 e. The van der Waals surface area contributed by atoms with Gasteiger partial charge in [-0.05, 0) is 71.7 Å². The predicted octanol–water partition coefficient (Wildman–Crippen LogP) is 6.61. The van der Waals surface area contributed by atoms with Crippen molar-refractivity contribution in [2.24, 2.45) is 5.92 Å². The molecular formula is C41H42N2O7Si. The lowest BCUT2D eigenvalue weighted by molar-refractivity contribution is -0.0937. The van der Waals surface area contributed by atoms with Crippen molar-refractivity contribution in [1.29, 1.82) is 0 Å². The molecule has 2 aliphatic heterocycles. The minimum Gasteiger partial charge on any atom is -0.497 e. The molecule has 1 aromatic heterocycles. The Hall–Kier alpha value is -5.00. The number of nitrogens with zero attached hydrogens (tertiary/aromatic N) is 1. The van der Waals surface area contributed by atoms with Crippen LogP contribution in [0.15, 0.2) is 130 Å². The van der Waals surface area contributed by atoms with E-state index in [1.807, 2.05) is 84.9 Å². The summed E-state index contributed by atoms with van der Waals surface area (Å²) >= 11 is 0. The van der Waals surface area contributed by atoms with Gasteiger partial charge in [0.15, 0.2) is 0 Å². The summed E-state index contributed by atoms with van der Waals surface area (Å²) in [5, 5.41) is 1.13. The lowest BCUT2D eigenvalue weighted by Crippen LogP contribution is -2.40. The maximum atomic E-state index is 13.4. The Kier molecular flexibility index (Phi) is 9.43. The first kappa shape index (κ1) is 34.4. The number of methoxy groups -OCH3 is 2. The average Bonchev–Trinajstić information content (AvgIpc) is 3.62. The van der Waals surface area contributed by atoms with Crippen LogP contribution < -0.4 is 20.7 Å². The topological polar surface area (TPSA) is 101 Å². The number of benzene rings is 4. The van der Waals surface area contributed by atoms with E-state index in [-0.39, 0.29) is 12.5 Å². The van der Waals surface area contributed by atoms with Crippen molar-refractivity contribution in [3.8, 4) is 11.5 Å². The highest BCUT2D eigenvalue weighted by Crippen LogP contribution is 2.51. The van der Waals surface area contributed by atoms with E-state index in [1.54, 1.807) is 27.3 Å². The van der Waals surface area contributed by atoms with Crippen molar-refractivity contribution in [3.63, 3.8) is 0 Å². The zero-order valence-corrected chi connectivity index (χ0v) is 30.4. The number of fused-ring (bicyclic) bond motifs is 1. The van der Waals surface area contributed by atoms with Crippen LogP contribution in [0.25, 0.3) is 6.08 Å². The van der Waals surface area contributed by atoms with Gasteiger partial charge < -0.3 is 23.4 Å². The molecule has 2 fully saturated rings. The molecule has 0 saturated carbocycles.